The Morgan fingerprint density at radius 3 is 2.17 bits per heavy atom. The molecule has 4 rings (SSSR count). The standard InChI is InChI=1S/C28H26N2O3S2/c1-20-8-15-26(16-9-20)35(32,33)30-24-13-11-23(12-14-24)28(31)29-27-17-10-22(18-21(27)2)19-34-25-6-4-3-5-7-25/h3-18,30H,19H2,1-2H3,(H,29,31). The lowest BCUT2D eigenvalue weighted by molar-refractivity contribution is 0.102. The SMILES string of the molecule is Cc1ccc(S(=O)(=O)Nc2ccc(C(=O)Nc3ccc(CSc4ccccc4)cc3C)cc2)cc1. The Kier molecular flexibility index (Phi) is 7.58. The summed E-state index contributed by atoms with van der Waals surface area (Å²) in [5, 5.41) is 2.94. The summed E-state index contributed by atoms with van der Waals surface area (Å²) in [4.78, 5) is 14.2. The van der Waals surface area contributed by atoms with Crippen molar-refractivity contribution in [1.29, 1.82) is 0 Å². The Hall–Kier alpha value is -3.55. The molecular weight excluding hydrogens is 476 g/mol. The van der Waals surface area contributed by atoms with Gasteiger partial charge in [0.15, 0.2) is 0 Å². The fourth-order valence-electron chi connectivity index (χ4n) is 3.45. The zero-order valence-corrected chi connectivity index (χ0v) is 21.1. The van der Waals surface area contributed by atoms with Crippen molar-refractivity contribution >= 4 is 39.1 Å². The zero-order valence-electron chi connectivity index (χ0n) is 19.5. The molecule has 0 radical (unpaired) electrons. The summed E-state index contributed by atoms with van der Waals surface area (Å²) in [7, 11) is -3.70. The van der Waals surface area contributed by atoms with Crippen LogP contribution in [0.5, 0.6) is 0 Å². The maximum atomic E-state index is 12.8. The molecule has 0 bridgehead atoms. The second-order valence-corrected chi connectivity index (χ2v) is 10.9. The van der Waals surface area contributed by atoms with E-state index in [2.05, 4.69) is 28.2 Å². The monoisotopic (exact) mass is 502 g/mol. The number of thioether (sulfide) groups is 1. The van der Waals surface area contributed by atoms with Crippen molar-refractivity contribution in [1.82, 2.24) is 0 Å². The van der Waals surface area contributed by atoms with Crippen LogP contribution in [0, 0.1) is 13.8 Å². The molecule has 0 saturated carbocycles. The molecule has 35 heavy (non-hydrogen) atoms. The van der Waals surface area contributed by atoms with Crippen molar-refractivity contribution in [3.8, 4) is 0 Å². The smallest absolute Gasteiger partial charge is 0.261 e. The van der Waals surface area contributed by atoms with Gasteiger partial charge in [-0.15, -0.1) is 11.8 Å². The normalized spacial score (nSPS) is 11.1. The van der Waals surface area contributed by atoms with Crippen molar-refractivity contribution in [3.63, 3.8) is 0 Å². The van der Waals surface area contributed by atoms with Crippen LogP contribution in [0.4, 0.5) is 11.4 Å². The molecule has 0 spiro atoms. The third-order valence-corrected chi connectivity index (χ3v) is 7.90. The van der Waals surface area contributed by atoms with Crippen molar-refractivity contribution < 1.29 is 13.2 Å². The average Bonchev–Trinajstić information content (AvgIpc) is 2.85. The van der Waals surface area contributed by atoms with Gasteiger partial charge in [0.2, 0.25) is 0 Å². The molecule has 7 heteroatoms. The number of nitrogens with one attached hydrogen (secondary N) is 2. The first-order valence-electron chi connectivity index (χ1n) is 11.1. The molecular formula is C28H26N2O3S2. The summed E-state index contributed by atoms with van der Waals surface area (Å²) in [6.07, 6.45) is 0. The summed E-state index contributed by atoms with van der Waals surface area (Å²) >= 11 is 1.77. The molecule has 0 aliphatic rings. The van der Waals surface area contributed by atoms with Crippen LogP contribution in [0.1, 0.15) is 27.0 Å². The number of anilines is 2. The number of rotatable bonds is 8. The van der Waals surface area contributed by atoms with E-state index in [0.29, 0.717) is 11.3 Å². The predicted octanol–water partition coefficient (Wildman–Crippen LogP) is 6.65. The van der Waals surface area contributed by atoms with Gasteiger partial charge in [0, 0.05) is 27.6 Å². The first kappa shape index (κ1) is 24.6. The Morgan fingerprint density at radius 1 is 0.829 bits per heavy atom. The van der Waals surface area contributed by atoms with Gasteiger partial charge in [-0.25, -0.2) is 8.42 Å². The van der Waals surface area contributed by atoms with Gasteiger partial charge in [-0.1, -0.05) is 48.0 Å². The van der Waals surface area contributed by atoms with E-state index in [1.54, 1.807) is 60.3 Å². The molecule has 0 saturated heterocycles. The highest BCUT2D eigenvalue weighted by molar-refractivity contribution is 7.98. The minimum absolute atomic E-state index is 0.186. The van der Waals surface area contributed by atoms with Crippen LogP contribution < -0.4 is 10.0 Å². The quantitative estimate of drug-likeness (QED) is 0.265. The highest BCUT2D eigenvalue weighted by Crippen LogP contribution is 2.25. The van der Waals surface area contributed by atoms with Crippen molar-refractivity contribution in [2.24, 2.45) is 0 Å². The molecule has 0 aliphatic carbocycles. The van der Waals surface area contributed by atoms with Crippen LogP contribution in [-0.4, -0.2) is 14.3 Å². The second-order valence-electron chi connectivity index (χ2n) is 8.20. The van der Waals surface area contributed by atoms with E-state index in [0.717, 1.165) is 22.6 Å². The number of carbonyl (C=O) groups excluding carboxylic acids is 1. The number of amides is 1. The fourth-order valence-corrected chi connectivity index (χ4v) is 5.38. The summed E-state index contributed by atoms with van der Waals surface area (Å²) in [6.45, 7) is 3.86. The third-order valence-electron chi connectivity index (χ3n) is 5.42. The molecule has 1 amide bonds. The van der Waals surface area contributed by atoms with Crippen molar-refractivity contribution in [2.75, 3.05) is 10.0 Å². The van der Waals surface area contributed by atoms with Gasteiger partial charge >= 0.3 is 0 Å². The van der Waals surface area contributed by atoms with E-state index < -0.39 is 10.0 Å². The molecule has 0 fully saturated rings. The number of benzene rings is 4. The molecule has 0 aliphatic heterocycles. The Labute approximate surface area is 210 Å². The van der Waals surface area contributed by atoms with E-state index in [1.165, 1.54) is 10.5 Å². The van der Waals surface area contributed by atoms with E-state index in [-0.39, 0.29) is 10.8 Å². The van der Waals surface area contributed by atoms with Gasteiger partial charge < -0.3 is 5.32 Å². The molecule has 0 aromatic heterocycles. The van der Waals surface area contributed by atoms with Gasteiger partial charge in [-0.3, -0.25) is 9.52 Å². The van der Waals surface area contributed by atoms with Crippen molar-refractivity contribution in [3.05, 3.63) is 119 Å². The van der Waals surface area contributed by atoms with Gasteiger partial charge in [-0.2, -0.15) is 0 Å². The van der Waals surface area contributed by atoms with Gasteiger partial charge in [0.1, 0.15) is 0 Å². The van der Waals surface area contributed by atoms with Crippen LogP contribution >= 0.6 is 11.8 Å². The Balaban J connectivity index is 1.37. The Morgan fingerprint density at radius 2 is 1.51 bits per heavy atom. The van der Waals surface area contributed by atoms with Gasteiger partial charge in [0.25, 0.3) is 15.9 Å². The van der Waals surface area contributed by atoms with Crippen LogP contribution in [0.3, 0.4) is 0 Å². The van der Waals surface area contributed by atoms with Crippen LogP contribution in [0.2, 0.25) is 0 Å². The largest absolute Gasteiger partial charge is 0.322 e. The average molecular weight is 503 g/mol. The van der Waals surface area contributed by atoms with E-state index in [9.17, 15) is 13.2 Å². The lowest BCUT2D eigenvalue weighted by Crippen LogP contribution is -2.14. The minimum atomic E-state index is -3.70. The maximum Gasteiger partial charge on any atom is 0.261 e. The number of sulfonamides is 1. The summed E-state index contributed by atoms with van der Waals surface area (Å²) in [5.41, 5.74) is 4.71. The summed E-state index contributed by atoms with van der Waals surface area (Å²) in [6, 6.07) is 29.2. The predicted molar refractivity (Wildman–Crippen MR) is 144 cm³/mol. The lowest BCUT2D eigenvalue weighted by atomic mass is 10.1. The Bertz CT molecular complexity index is 1420. The molecule has 2 N–H and O–H groups in total. The highest BCUT2D eigenvalue weighted by Gasteiger charge is 2.15. The number of aryl methyl sites for hydroxylation is 2. The van der Waals surface area contributed by atoms with E-state index >= 15 is 0 Å². The number of hydrogen-bond acceptors (Lipinski definition) is 4. The first-order valence-corrected chi connectivity index (χ1v) is 13.6. The van der Waals surface area contributed by atoms with Crippen LogP contribution in [0.15, 0.2) is 107 Å². The fraction of sp³-hybridized carbons (Fsp3) is 0.107. The summed E-state index contributed by atoms with van der Waals surface area (Å²) in [5.74, 6) is 0.589. The van der Waals surface area contributed by atoms with Gasteiger partial charge in [-0.05, 0) is 79.6 Å². The number of hydrogen-bond donors (Lipinski definition) is 2. The van der Waals surface area contributed by atoms with Crippen molar-refractivity contribution in [2.45, 2.75) is 29.4 Å². The maximum absolute atomic E-state index is 12.8. The van der Waals surface area contributed by atoms with Crippen LogP contribution in [-0.2, 0) is 15.8 Å². The number of carbonyl (C=O) groups is 1. The highest BCUT2D eigenvalue weighted by atomic mass is 32.2. The molecule has 0 heterocycles. The van der Waals surface area contributed by atoms with Gasteiger partial charge in [0.05, 0.1) is 4.90 Å². The zero-order chi connectivity index (χ0) is 24.8. The third kappa shape index (κ3) is 6.53. The van der Waals surface area contributed by atoms with E-state index in [4.69, 9.17) is 0 Å². The topological polar surface area (TPSA) is 75.3 Å². The minimum Gasteiger partial charge on any atom is -0.322 e. The van der Waals surface area contributed by atoms with E-state index in [1.807, 2.05) is 44.2 Å². The molecule has 5 nitrogen and oxygen atoms in total. The first-order chi connectivity index (χ1) is 16.8. The molecule has 4 aromatic carbocycles. The molecule has 178 valence electrons. The molecule has 0 atom stereocenters. The second kappa shape index (κ2) is 10.8. The van der Waals surface area contributed by atoms with Crippen LogP contribution in [0.25, 0.3) is 0 Å². The lowest BCUT2D eigenvalue weighted by Gasteiger charge is -2.12. The molecule has 0 unspecified atom stereocenters. The summed E-state index contributed by atoms with van der Waals surface area (Å²) < 4.78 is 27.7. The molecule has 4 aromatic rings.